The van der Waals surface area contributed by atoms with Crippen LogP contribution >= 0.6 is 15.9 Å². The number of halogens is 1. The number of ether oxygens (including phenoxy) is 3. The summed E-state index contributed by atoms with van der Waals surface area (Å²) in [5.41, 5.74) is 1.46. The Kier molecular flexibility index (Phi) is 9.02. The number of fused-ring (bicyclic) bond motifs is 2. The van der Waals surface area contributed by atoms with Gasteiger partial charge in [-0.05, 0) is 55.1 Å². The highest BCUT2D eigenvalue weighted by Crippen LogP contribution is 2.35. The van der Waals surface area contributed by atoms with Crippen molar-refractivity contribution in [2.24, 2.45) is 0 Å². The summed E-state index contributed by atoms with van der Waals surface area (Å²) in [5, 5.41) is 7.77. The molecule has 3 aromatic carbocycles. The summed E-state index contributed by atoms with van der Waals surface area (Å²) >= 11 is 3.54. The first-order chi connectivity index (χ1) is 17.9. The molecule has 37 heavy (non-hydrogen) atoms. The van der Waals surface area contributed by atoms with E-state index in [0.29, 0.717) is 36.8 Å². The summed E-state index contributed by atoms with van der Waals surface area (Å²) in [6, 6.07) is 16.0. The van der Waals surface area contributed by atoms with E-state index in [1.54, 1.807) is 26.0 Å². The van der Waals surface area contributed by atoms with Crippen LogP contribution in [0.15, 0.2) is 59.1 Å². The van der Waals surface area contributed by atoms with E-state index in [1.165, 1.54) is 0 Å². The van der Waals surface area contributed by atoms with E-state index in [1.807, 2.05) is 54.6 Å². The van der Waals surface area contributed by atoms with Crippen LogP contribution in [0.25, 0.3) is 10.8 Å². The number of benzene rings is 3. The number of carbonyl (C=O) groups is 2. The summed E-state index contributed by atoms with van der Waals surface area (Å²) < 4.78 is 18.5. The van der Waals surface area contributed by atoms with Crippen molar-refractivity contribution in [3.63, 3.8) is 0 Å². The van der Waals surface area contributed by atoms with Crippen LogP contribution in [0.1, 0.15) is 18.9 Å². The minimum atomic E-state index is -0.885. The van der Waals surface area contributed by atoms with Gasteiger partial charge in [0.05, 0.1) is 38.6 Å². The first-order valence-electron chi connectivity index (χ1n) is 12.3. The number of para-hydroxylation sites is 2. The lowest BCUT2D eigenvalue weighted by Crippen LogP contribution is -2.54. The lowest BCUT2D eigenvalue weighted by atomic mass is 10.0. The molecule has 1 aliphatic rings. The van der Waals surface area contributed by atoms with Crippen LogP contribution in [0.4, 0.5) is 5.69 Å². The highest BCUT2D eigenvalue weighted by molar-refractivity contribution is 9.10. The zero-order valence-corrected chi connectivity index (χ0v) is 22.8. The topological polar surface area (TPSA) is 89.1 Å². The third-order valence-corrected chi connectivity index (χ3v) is 6.92. The SMILES string of the molecule is CNC(C)C(=O)NC1COCCCOc2ccccc2N(Cc2c(OC)ccc3cc(Br)ccc23)C1=O. The van der Waals surface area contributed by atoms with Crippen LogP contribution in [0.5, 0.6) is 11.5 Å². The Labute approximate surface area is 225 Å². The Morgan fingerprint density at radius 2 is 2.00 bits per heavy atom. The largest absolute Gasteiger partial charge is 0.496 e. The molecule has 9 heteroatoms. The second-order valence-corrected chi connectivity index (χ2v) is 9.77. The van der Waals surface area contributed by atoms with E-state index in [2.05, 4.69) is 26.6 Å². The molecule has 1 aliphatic heterocycles. The van der Waals surface area contributed by atoms with E-state index >= 15 is 0 Å². The van der Waals surface area contributed by atoms with E-state index in [-0.39, 0.29) is 25.0 Å². The van der Waals surface area contributed by atoms with Crippen molar-refractivity contribution in [1.82, 2.24) is 10.6 Å². The van der Waals surface area contributed by atoms with Crippen molar-refractivity contribution in [3.05, 3.63) is 64.6 Å². The van der Waals surface area contributed by atoms with E-state index < -0.39 is 12.1 Å². The zero-order chi connectivity index (χ0) is 26.4. The molecule has 2 N–H and O–H groups in total. The fourth-order valence-electron chi connectivity index (χ4n) is 4.28. The molecule has 2 unspecified atom stereocenters. The highest BCUT2D eigenvalue weighted by atomic mass is 79.9. The average Bonchev–Trinajstić information content (AvgIpc) is 2.94. The maximum atomic E-state index is 14.2. The number of nitrogens with zero attached hydrogens (tertiary/aromatic N) is 1. The predicted octanol–water partition coefficient (Wildman–Crippen LogP) is 4.04. The second-order valence-electron chi connectivity index (χ2n) is 8.85. The summed E-state index contributed by atoms with van der Waals surface area (Å²) in [4.78, 5) is 28.6. The number of hydrogen-bond donors (Lipinski definition) is 2. The molecule has 0 bridgehead atoms. The molecule has 2 amide bonds. The molecule has 0 radical (unpaired) electrons. The van der Waals surface area contributed by atoms with E-state index in [9.17, 15) is 9.59 Å². The Morgan fingerprint density at radius 3 is 2.78 bits per heavy atom. The molecule has 2 atom stereocenters. The maximum absolute atomic E-state index is 14.2. The number of amides is 2. The van der Waals surface area contributed by atoms with Crippen LogP contribution in [0.2, 0.25) is 0 Å². The Morgan fingerprint density at radius 1 is 1.19 bits per heavy atom. The standard InChI is InChI=1S/C28H32BrN3O5/c1-18(30-2)27(33)31-23-17-36-13-6-14-37-26-8-5-4-7-24(26)32(28(23)34)16-22-21-11-10-20(29)15-19(21)9-12-25(22)35-3/h4-5,7-12,15,18,23,30H,6,13-14,16-17H2,1-3H3,(H,31,33). The van der Waals surface area contributed by atoms with Gasteiger partial charge in [0.2, 0.25) is 5.91 Å². The number of nitrogens with one attached hydrogen (secondary N) is 2. The van der Waals surface area contributed by atoms with Gasteiger partial charge in [0.25, 0.3) is 5.91 Å². The highest BCUT2D eigenvalue weighted by Gasteiger charge is 2.31. The van der Waals surface area contributed by atoms with Gasteiger partial charge in [0.15, 0.2) is 0 Å². The molecule has 0 saturated heterocycles. The number of carbonyl (C=O) groups excluding carboxylic acids is 2. The van der Waals surface area contributed by atoms with Crippen LogP contribution in [0.3, 0.4) is 0 Å². The van der Waals surface area contributed by atoms with Crippen molar-refractivity contribution < 1.29 is 23.8 Å². The van der Waals surface area contributed by atoms with Gasteiger partial charge in [-0.1, -0.05) is 40.2 Å². The summed E-state index contributed by atoms with van der Waals surface area (Å²) in [6.45, 7) is 2.86. The normalized spacial score (nSPS) is 17.4. The Bertz CT molecular complexity index is 1270. The zero-order valence-electron chi connectivity index (χ0n) is 21.3. The van der Waals surface area contributed by atoms with Gasteiger partial charge in [-0.15, -0.1) is 0 Å². The van der Waals surface area contributed by atoms with Crippen molar-refractivity contribution in [1.29, 1.82) is 0 Å². The van der Waals surface area contributed by atoms with Crippen LogP contribution < -0.4 is 25.0 Å². The smallest absolute Gasteiger partial charge is 0.252 e. The fraction of sp³-hybridized carbons (Fsp3) is 0.357. The quantitative estimate of drug-likeness (QED) is 0.466. The molecule has 0 spiro atoms. The third-order valence-electron chi connectivity index (χ3n) is 6.42. The summed E-state index contributed by atoms with van der Waals surface area (Å²) in [5.74, 6) is 0.673. The summed E-state index contributed by atoms with van der Waals surface area (Å²) in [6.07, 6.45) is 0.655. The molecular weight excluding hydrogens is 538 g/mol. The number of likely N-dealkylation sites (N-methyl/N-ethyl adjacent to an activating group) is 1. The van der Waals surface area contributed by atoms with Crippen molar-refractivity contribution in [2.75, 3.05) is 38.9 Å². The van der Waals surface area contributed by atoms with Crippen LogP contribution in [-0.2, 0) is 20.9 Å². The van der Waals surface area contributed by atoms with Crippen molar-refractivity contribution in [3.8, 4) is 11.5 Å². The molecule has 0 saturated carbocycles. The van der Waals surface area contributed by atoms with Gasteiger partial charge in [0.1, 0.15) is 17.5 Å². The molecule has 1 heterocycles. The molecule has 196 valence electrons. The lowest BCUT2D eigenvalue weighted by Gasteiger charge is -2.30. The van der Waals surface area contributed by atoms with Crippen LogP contribution in [0, 0.1) is 0 Å². The van der Waals surface area contributed by atoms with Gasteiger partial charge in [0, 0.05) is 23.1 Å². The van der Waals surface area contributed by atoms with E-state index in [4.69, 9.17) is 14.2 Å². The number of hydrogen-bond acceptors (Lipinski definition) is 6. The van der Waals surface area contributed by atoms with Gasteiger partial charge in [-0.3, -0.25) is 9.59 Å². The number of methoxy groups -OCH3 is 1. The van der Waals surface area contributed by atoms with Crippen molar-refractivity contribution in [2.45, 2.75) is 32.0 Å². The molecule has 8 nitrogen and oxygen atoms in total. The Hall–Kier alpha value is -3.14. The summed E-state index contributed by atoms with van der Waals surface area (Å²) in [7, 11) is 3.32. The van der Waals surface area contributed by atoms with Crippen molar-refractivity contribution >= 4 is 44.2 Å². The average molecular weight is 570 g/mol. The second kappa shape index (κ2) is 12.4. The molecule has 0 aromatic heterocycles. The Balaban J connectivity index is 1.82. The predicted molar refractivity (Wildman–Crippen MR) is 147 cm³/mol. The first-order valence-corrected chi connectivity index (χ1v) is 13.1. The third kappa shape index (κ3) is 6.23. The van der Waals surface area contributed by atoms with Gasteiger partial charge in [-0.2, -0.15) is 0 Å². The molecule has 0 aliphatic carbocycles. The fourth-order valence-corrected chi connectivity index (χ4v) is 4.66. The molecule has 4 rings (SSSR count). The number of anilines is 1. The van der Waals surface area contributed by atoms with Gasteiger partial charge < -0.3 is 29.7 Å². The lowest BCUT2D eigenvalue weighted by molar-refractivity contribution is -0.130. The monoisotopic (exact) mass is 569 g/mol. The molecule has 0 fully saturated rings. The molecule has 3 aromatic rings. The first kappa shape index (κ1) is 26.9. The van der Waals surface area contributed by atoms with Crippen LogP contribution in [-0.4, -0.2) is 57.9 Å². The van der Waals surface area contributed by atoms with Gasteiger partial charge in [-0.25, -0.2) is 0 Å². The minimum Gasteiger partial charge on any atom is -0.496 e. The van der Waals surface area contributed by atoms with Gasteiger partial charge >= 0.3 is 0 Å². The maximum Gasteiger partial charge on any atom is 0.252 e. The number of rotatable bonds is 6. The molecular formula is C28H32BrN3O5. The minimum absolute atomic E-state index is 0.0549. The van der Waals surface area contributed by atoms with E-state index in [0.717, 1.165) is 20.8 Å².